The Labute approximate surface area is 150 Å². The van der Waals surface area contributed by atoms with Crippen LogP contribution in [0.3, 0.4) is 0 Å². The van der Waals surface area contributed by atoms with Gasteiger partial charge in [-0.05, 0) is 43.7 Å². The number of nitrogens with zero attached hydrogens (tertiary/aromatic N) is 7. The number of rotatable bonds is 2. The highest BCUT2D eigenvalue weighted by Crippen LogP contribution is 2.29. The zero-order valence-electron chi connectivity index (χ0n) is 14.8. The Morgan fingerprint density at radius 2 is 2.00 bits per heavy atom. The van der Waals surface area contributed by atoms with Crippen LogP contribution >= 0.6 is 0 Å². The molecule has 1 aliphatic heterocycles. The molecular weight excluding hydrogens is 330 g/mol. The second-order valence-electron chi connectivity index (χ2n) is 7.23. The van der Waals surface area contributed by atoms with E-state index in [-0.39, 0.29) is 5.56 Å². The summed E-state index contributed by atoms with van der Waals surface area (Å²) in [7, 11) is 1.76. The van der Waals surface area contributed by atoms with Crippen LogP contribution in [0.15, 0.2) is 23.3 Å². The van der Waals surface area contributed by atoms with Gasteiger partial charge in [-0.15, -0.1) is 10.2 Å². The fourth-order valence-corrected chi connectivity index (χ4v) is 4.10. The smallest absolute Gasteiger partial charge is 0.293 e. The predicted molar refractivity (Wildman–Crippen MR) is 96.5 cm³/mol. The Hall–Kier alpha value is -2.77. The van der Waals surface area contributed by atoms with Crippen molar-refractivity contribution in [1.29, 1.82) is 0 Å². The van der Waals surface area contributed by atoms with Gasteiger partial charge < -0.3 is 9.47 Å². The van der Waals surface area contributed by atoms with Gasteiger partial charge in [0.2, 0.25) is 0 Å². The SMILES string of the molecule is Cn1ccnc(N2CCC(c3nnc4cc5c(nn34)CCC5)CC2)c1=O. The van der Waals surface area contributed by atoms with Crippen LogP contribution in [-0.2, 0) is 19.9 Å². The van der Waals surface area contributed by atoms with Crippen LogP contribution in [0.4, 0.5) is 5.82 Å². The Bertz CT molecular complexity index is 1030. The van der Waals surface area contributed by atoms with Gasteiger partial charge in [-0.3, -0.25) is 4.79 Å². The first kappa shape index (κ1) is 15.5. The van der Waals surface area contributed by atoms with Crippen LogP contribution in [0.1, 0.15) is 42.3 Å². The summed E-state index contributed by atoms with van der Waals surface area (Å²) in [6.07, 6.45) is 8.52. The van der Waals surface area contributed by atoms with Gasteiger partial charge >= 0.3 is 0 Å². The lowest BCUT2D eigenvalue weighted by molar-refractivity contribution is 0.473. The summed E-state index contributed by atoms with van der Waals surface area (Å²) >= 11 is 0. The van der Waals surface area contributed by atoms with Crippen LogP contribution in [-0.4, -0.2) is 42.5 Å². The molecule has 1 fully saturated rings. The summed E-state index contributed by atoms with van der Waals surface area (Å²) in [5, 5.41) is 13.6. The van der Waals surface area contributed by atoms with E-state index >= 15 is 0 Å². The van der Waals surface area contributed by atoms with Gasteiger partial charge in [0.05, 0.1) is 5.69 Å². The lowest BCUT2D eigenvalue weighted by Gasteiger charge is -2.31. The third-order valence-electron chi connectivity index (χ3n) is 5.60. The number of aryl methyl sites for hydroxylation is 3. The standard InChI is InChI=1S/C18H21N7O/c1-23-10-7-19-17(18(23)26)24-8-5-12(6-9-24)16-21-20-15-11-13-3-2-4-14(13)22-25(15)16/h7,10-12H,2-6,8-9H2,1H3. The average Bonchev–Trinajstić information content (AvgIpc) is 3.28. The summed E-state index contributed by atoms with van der Waals surface area (Å²) < 4.78 is 3.51. The molecule has 0 atom stereocenters. The molecule has 0 N–H and O–H groups in total. The van der Waals surface area contributed by atoms with Gasteiger partial charge in [-0.2, -0.15) is 9.61 Å². The molecule has 0 aromatic carbocycles. The molecule has 0 radical (unpaired) electrons. The maximum absolute atomic E-state index is 12.3. The van der Waals surface area contributed by atoms with Crippen molar-refractivity contribution in [1.82, 2.24) is 29.4 Å². The van der Waals surface area contributed by atoms with Crippen molar-refractivity contribution in [3.8, 4) is 0 Å². The Morgan fingerprint density at radius 1 is 1.15 bits per heavy atom. The van der Waals surface area contributed by atoms with Crippen LogP contribution < -0.4 is 10.5 Å². The largest absolute Gasteiger partial charge is 0.352 e. The van der Waals surface area contributed by atoms with Crippen molar-refractivity contribution in [2.75, 3.05) is 18.0 Å². The number of piperidine rings is 1. The molecule has 5 rings (SSSR count). The lowest BCUT2D eigenvalue weighted by Crippen LogP contribution is -2.38. The molecule has 0 spiro atoms. The van der Waals surface area contributed by atoms with Crippen LogP contribution in [0.2, 0.25) is 0 Å². The summed E-state index contributed by atoms with van der Waals surface area (Å²) in [6.45, 7) is 1.58. The Balaban J connectivity index is 1.40. The van der Waals surface area contributed by atoms with E-state index in [1.54, 1.807) is 24.0 Å². The van der Waals surface area contributed by atoms with E-state index in [2.05, 4.69) is 26.1 Å². The molecule has 8 heteroatoms. The molecule has 1 aliphatic carbocycles. The van der Waals surface area contributed by atoms with E-state index in [0.717, 1.165) is 50.2 Å². The van der Waals surface area contributed by atoms with Crippen molar-refractivity contribution in [3.05, 3.63) is 45.9 Å². The molecule has 26 heavy (non-hydrogen) atoms. The van der Waals surface area contributed by atoms with Gasteiger partial charge in [-0.1, -0.05) is 0 Å². The van der Waals surface area contributed by atoms with Crippen molar-refractivity contribution in [2.45, 2.75) is 38.0 Å². The lowest BCUT2D eigenvalue weighted by atomic mass is 9.96. The van der Waals surface area contributed by atoms with E-state index in [4.69, 9.17) is 5.10 Å². The maximum Gasteiger partial charge on any atom is 0.293 e. The van der Waals surface area contributed by atoms with E-state index in [1.807, 2.05) is 4.52 Å². The van der Waals surface area contributed by atoms with Gasteiger partial charge in [-0.25, -0.2) is 4.98 Å². The summed E-state index contributed by atoms with van der Waals surface area (Å²) in [4.78, 5) is 18.6. The van der Waals surface area contributed by atoms with Gasteiger partial charge in [0.1, 0.15) is 0 Å². The highest BCUT2D eigenvalue weighted by molar-refractivity contribution is 5.43. The van der Waals surface area contributed by atoms with Gasteiger partial charge in [0, 0.05) is 38.4 Å². The zero-order valence-corrected chi connectivity index (χ0v) is 14.8. The minimum absolute atomic E-state index is 0.0453. The normalized spacial score (nSPS) is 17.8. The second-order valence-corrected chi connectivity index (χ2v) is 7.23. The quantitative estimate of drug-likeness (QED) is 0.687. The number of fused-ring (bicyclic) bond motifs is 2. The Morgan fingerprint density at radius 3 is 2.85 bits per heavy atom. The topological polar surface area (TPSA) is 81.2 Å². The summed E-state index contributed by atoms with van der Waals surface area (Å²) in [6, 6.07) is 2.14. The van der Waals surface area contributed by atoms with Gasteiger partial charge in [0.15, 0.2) is 17.3 Å². The number of aromatic nitrogens is 6. The molecular formula is C18H21N7O. The molecule has 0 unspecified atom stereocenters. The van der Waals surface area contributed by atoms with Gasteiger partial charge in [0.25, 0.3) is 5.56 Å². The van der Waals surface area contributed by atoms with Crippen LogP contribution in [0.25, 0.3) is 5.65 Å². The highest BCUT2D eigenvalue weighted by Gasteiger charge is 2.27. The zero-order chi connectivity index (χ0) is 17.7. The molecule has 4 heterocycles. The van der Waals surface area contributed by atoms with Crippen molar-refractivity contribution in [3.63, 3.8) is 0 Å². The third-order valence-corrected chi connectivity index (χ3v) is 5.60. The van der Waals surface area contributed by atoms with Crippen molar-refractivity contribution < 1.29 is 0 Å². The van der Waals surface area contributed by atoms with E-state index < -0.39 is 0 Å². The molecule has 2 aliphatic rings. The summed E-state index contributed by atoms with van der Waals surface area (Å²) in [5.41, 5.74) is 3.31. The van der Waals surface area contributed by atoms with E-state index in [9.17, 15) is 4.79 Å². The first-order chi connectivity index (χ1) is 12.7. The number of hydrogen-bond donors (Lipinski definition) is 0. The van der Waals surface area contributed by atoms with Crippen LogP contribution in [0.5, 0.6) is 0 Å². The number of hydrogen-bond acceptors (Lipinski definition) is 6. The molecule has 1 saturated heterocycles. The monoisotopic (exact) mass is 351 g/mol. The van der Waals surface area contributed by atoms with E-state index in [0.29, 0.717) is 11.7 Å². The first-order valence-corrected chi connectivity index (χ1v) is 9.21. The second kappa shape index (κ2) is 5.89. The first-order valence-electron chi connectivity index (χ1n) is 9.21. The highest BCUT2D eigenvalue weighted by atomic mass is 16.1. The van der Waals surface area contributed by atoms with Crippen molar-refractivity contribution in [2.24, 2.45) is 7.05 Å². The maximum atomic E-state index is 12.3. The summed E-state index contributed by atoms with van der Waals surface area (Å²) in [5.74, 6) is 1.79. The third kappa shape index (κ3) is 2.40. The molecule has 0 amide bonds. The molecule has 0 bridgehead atoms. The Kier molecular flexibility index (Phi) is 3.51. The molecule has 3 aromatic rings. The minimum Gasteiger partial charge on any atom is -0.352 e. The van der Waals surface area contributed by atoms with E-state index in [1.165, 1.54) is 17.7 Å². The fourth-order valence-electron chi connectivity index (χ4n) is 4.10. The van der Waals surface area contributed by atoms with Crippen molar-refractivity contribution >= 4 is 11.5 Å². The predicted octanol–water partition coefficient (Wildman–Crippen LogP) is 1.09. The number of anilines is 1. The molecule has 3 aromatic heterocycles. The average molecular weight is 351 g/mol. The molecule has 134 valence electrons. The molecule has 8 nitrogen and oxygen atoms in total. The molecule has 0 saturated carbocycles. The minimum atomic E-state index is -0.0453. The fraction of sp³-hybridized carbons (Fsp3) is 0.500. The van der Waals surface area contributed by atoms with Crippen LogP contribution in [0, 0.1) is 0 Å².